The van der Waals surface area contributed by atoms with Crippen molar-refractivity contribution in [2.75, 3.05) is 32.0 Å². The molecule has 0 radical (unpaired) electrons. The fourth-order valence-electron chi connectivity index (χ4n) is 2.16. The van der Waals surface area contributed by atoms with Crippen molar-refractivity contribution in [3.8, 4) is 0 Å². The molecular weight excluding hydrogens is 293 g/mol. The van der Waals surface area contributed by atoms with Crippen LogP contribution in [0, 0.1) is 0 Å². The molecule has 0 bridgehead atoms. The minimum atomic E-state index is -0.144. The molecule has 2 atom stereocenters. The second kappa shape index (κ2) is 6.97. The Labute approximate surface area is 125 Å². The molecule has 2 unspecified atom stereocenters. The van der Waals surface area contributed by atoms with Gasteiger partial charge in [0.05, 0.1) is 18.8 Å². The van der Waals surface area contributed by atoms with E-state index in [1.807, 2.05) is 18.2 Å². The van der Waals surface area contributed by atoms with E-state index in [1.54, 1.807) is 0 Å². The highest BCUT2D eigenvalue weighted by atomic mass is 35.5. The van der Waals surface area contributed by atoms with Crippen LogP contribution in [0.5, 0.6) is 0 Å². The van der Waals surface area contributed by atoms with E-state index in [0.29, 0.717) is 18.4 Å². The molecule has 1 aromatic carbocycles. The first kappa shape index (κ1) is 16.1. The van der Waals surface area contributed by atoms with E-state index in [2.05, 4.69) is 19.2 Å². The highest BCUT2D eigenvalue weighted by Crippen LogP contribution is 2.22. The summed E-state index contributed by atoms with van der Waals surface area (Å²) in [6, 6.07) is 10.3. The van der Waals surface area contributed by atoms with E-state index in [4.69, 9.17) is 27.9 Å². The minimum absolute atomic E-state index is 0. The summed E-state index contributed by atoms with van der Waals surface area (Å²) in [7, 11) is 2.14. The smallest absolute Gasteiger partial charge is 0.148 e. The summed E-state index contributed by atoms with van der Waals surface area (Å²) in [5.74, 6) is 1.06. The van der Waals surface area contributed by atoms with Gasteiger partial charge >= 0.3 is 0 Å². The van der Waals surface area contributed by atoms with Gasteiger partial charge in [-0.3, -0.25) is 0 Å². The van der Waals surface area contributed by atoms with Gasteiger partial charge in [0.1, 0.15) is 24.8 Å². The average molecular weight is 311 g/mol. The first-order valence-electron chi connectivity index (χ1n) is 5.83. The fourth-order valence-corrected chi connectivity index (χ4v) is 3.06. The monoisotopic (exact) mass is 309 g/mol. The average Bonchev–Trinajstić information content (AvgIpc) is 2.40. The lowest BCUT2D eigenvalue weighted by Crippen LogP contribution is -3.21. The zero-order valence-corrected chi connectivity index (χ0v) is 12.6. The summed E-state index contributed by atoms with van der Waals surface area (Å²) in [4.78, 5) is 1.35. The third-order valence-corrected chi connectivity index (χ3v) is 4.66. The highest BCUT2D eigenvalue weighted by molar-refractivity contribution is 6.21. The predicted molar refractivity (Wildman–Crippen MR) is 71.1 cm³/mol. The molecule has 1 N–H and O–H groups in total. The van der Waals surface area contributed by atoms with Crippen molar-refractivity contribution in [1.29, 1.82) is 0 Å². The lowest BCUT2D eigenvalue weighted by molar-refractivity contribution is -0.942. The molecule has 18 heavy (non-hydrogen) atoms. The molecular formula is C13H18Cl3NO. The molecule has 0 aromatic heterocycles. The molecule has 2 nitrogen and oxygen atoms in total. The summed E-state index contributed by atoms with van der Waals surface area (Å²) in [5.41, 5.74) is 1.08. The molecule has 0 aliphatic carbocycles. The van der Waals surface area contributed by atoms with Crippen LogP contribution in [0.1, 0.15) is 11.7 Å². The van der Waals surface area contributed by atoms with Crippen molar-refractivity contribution in [3.05, 3.63) is 35.9 Å². The Morgan fingerprint density at radius 3 is 2.39 bits per heavy atom. The molecule has 1 heterocycles. The molecule has 0 saturated carbocycles. The van der Waals surface area contributed by atoms with Crippen molar-refractivity contribution >= 4 is 23.2 Å². The molecule has 1 fully saturated rings. The van der Waals surface area contributed by atoms with E-state index in [-0.39, 0.29) is 24.0 Å². The Balaban J connectivity index is 0.00000162. The van der Waals surface area contributed by atoms with Crippen LogP contribution < -0.4 is 17.3 Å². The van der Waals surface area contributed by atoms with Crippen molar-refractivity contribution in [3.63, 3.8) is 0 Å². The lowest BCUT2D eigenvalue weighted by Gasteiger charge is -2.42. The van der Waals surface area contributed by atoms with Gasteiger partial charge < -0.3 is 22.0 Å². The zero-order valence-electron chi connectivity index (χ0n) is 10.3. The molecule has 1 aromatic rings. The Kier molecular flexibility index (Phi) is 6.22. The van der Waals surface area contributed by atoms with Crippen LogP contribution in [0.3, 0.4) is 0 Å². The number of quaternary nitrogens is 1. The van der Waals surface area contributed by atoms with Gasteiger partial charge in [0.15, 0.2) is 0 Å². The summed E-state index contributed by atoms with van der Waals surface area (Å²) in [5, 5.41) is 0. The summed E-state index contributed by atoms with van der Waals surface area (Å²) >= 11 is 12.1. The summed E-state index contributed by atoms with van der Waals surface area (Å²) < 4.78 is 5.94. The van der Waals surface area contributed by atoms with Gasteiger partial charge in [-0.25, -0.2) is 0 Å². The van der Waals surface area contributed by atoms with E-state index < -0.39 is 0 Å². The maximum absolute atomic E-state index is 6.04. The first-order chi connectivity index (χ1) is 8.22. The highest BCUT2D eigenvalue weighted by Gasteiger charge is 2.43. The number of hydrogen-bond acceptors (Lipinski definition) is 1. The van der Waals surface area contributed by atoms with Crippen molar-refractivity contribution in [2.24, 2.45) is 0 Å². The van der Waals surface area contributed by atoms with Gasteiger partial charge in [0.2, 0.25) is 0 Å². The molecule has 0 amide bonds. The number of hydrogen-bond donors (Lipinski definition) is 1. The number of benzene rings is 1. The number of halogens is 3. The van der Waals surface area contributed by atoms with Crippen LogP contribution in [0.2, 0.25) is 0 Å². The van der Waals surface area contributed by atoms with Gasteiger partial charge in [-0.2, -0.15) is 0 Å². The van der Waals surface area contributed by atoms with Crippen molar-refractivity contribution < 1.29 is 22.0 Å². The van der Waals surface area contributed by atoms with Crippen LogP contribution in [-0.2, 0) is 4.74 Å². The van der Waals surface area contributed by atoms with E-state index >= 15 is 0 Å². The molecule has 0 spiro atoms. The standard InChI is InChI=1S/C13H17Cl2NO.ClH/c1-16-7-12(11-5-3-2-4-6-11)17-10-13(16,8-14)9-15;/h2-6,12H,7-10H2,1H3;1H. The normalized spacial score (nSPS) is 26.4. The first-order valence-corrected chi connectivity index (χ1v) is 6.90. The van der Waals surface area contributed by atoms with E-state index in [1.165, 1.54) is 10.5 Å². The van der Waals surface area contributed by atoms with E-state index in [9.17, 15) is 0 Å². The van der Waals surface area contributed by atoms with Crippen LogP contribution in [0.15, 0.2) is 30.3 Å². The SMILES string of the molecule is C[NH+]1CC(c2ccccc2)OCC1(CCl)CCl.[Cl-]. The predicted octanol–water partition coefficient (Wildman–Crippen LogP) is -1.51. The Morgan fingerprint density at radius 2 is 1.89 bits per heavy atom. The molecule has 5 heteroatoms. The molecule has 2 rings (SSSR count). The quantitative estimate of drug-likeness (QED) is 0.671. The van der Waals surface area contributed by atoms with Crippen LogP contribution in [0.4, 0.5) is 0 Å². The Bertz CT molecular complexity index is 357. The third kappa shape index (κ3) is 3.12. The number of alkyl halides is 2. The van der Waals surface area contributed by atoms with Crippen LogP contribution >= 0.6 is 23.2 Å². The lowest BCUT2D eigenvalue weighted by atomic mass is 9.99. The van der Waals surface area contributed by atoms with Crippen molar-refractivity contribution in [2.45, 2.75) is 11.6 Å². The second-order valence-electron chi connectivity index (χ2n) is 4.74. The van der Waals surface area contributed by atoms with Gasteiger partial charge in [-0.05, 0) is 5.56 Å². The van der Waals surface area contributed by atoms with Gasteiger partial charge in [-0.1, -0.05) is 30.3 Å². The van der Waals surface area contributed by atoms with E-state index in [0.717, 1.165) is 6.54 Å². The molecule has 1 aliphatic heterocycles. The van der Waals surface area contributed by atoms with Gasteiger partial charge in [0.25, 0.3) is 0 Å². The maximum atomic E-state index is 6.04. The minimum Gasteiger partial charge on any atom is -1.00 e. The zero-order chi connectivity index (χ0) is 12.3. The second-order valence-corrected chi connectivity index (χ2v) is 5.28. The van der Waals surface area contributed by atoms with Crippen molar-refractivity contribution in [1.82, 2.24) is 0 Å². The largest absolute Gasteiger partial charge is 1.00 e. The molecule has 1 aliphatic rings. The third-order valence-electron chi connectivity index (χ3n) is 3.64. The number of nitrogens with one attached hydrogen (secondary N) is 1. The summed E-state index contributed by atoms with van der Waals surface area (Å²) in [6.45, 7) is 1.52. The van der Waals surface area contributed by atoms with Gasteiger partial charge in [0, 0.05) is 0 Å². The number of likely N-dealkylation sites (N-methyl/N-ethyl adjacent to an activating group) is 1. The molecule has 1 saturated heterocycles. The van der Waals surface area contributed by atoms with Gasteiger partial charge in [-0.15, -0.1) is 23.2 Å². The van der Waals surface area contributed by atoms with Crippen LogP contribution in [0.25, 0.3) is 0 Å². The number of rotatable bonds is 3. The van der Waals surface area contributed by atoms with Crippen LogP contribution in [-0.4, -0.2) is 37.5 Å². The Morgan fingerprint density at radius 1 is 1.28 bits per heavy atom. The topological polar surface area (TPSA) is 13.7 Å². The number of ether oxygens (including phenoxy) is 1. The Hall–Kier alpha value is 0.01000. The summed E-state index contributed by atoms with van der Waals surface area (Å²) in [6.07, 6.45) is 0.149. The maximum Gasteiger partial charge on any atom is 0.148 e. The molecule has 102 valence electrons. The fraction of sp³-hybridized carbons (Fsp3) is 0.538. The number of morpholine rings is 1.